The van der Waals surface area contributed by atoms with Crippen molar-refractivity contribution in [2.24, 2.45) is 0 Å². The molecule has 0 N–H and O–H groups in total. The average Bonchev–Trinajstić information content (AvgIpc) is 3.61. The molecule has 0 aromatic heterocycles. The first kappa shape index (κ1) is 34.7. The number of benzene rings is 6. The van der Waals surface area contributed by atoms with Crippen molar-refractivity contribution in [3.8, 4) is 22.3 Å². The van der Waals surface area contributed by atoms with E-state index in [1.165, 1.54) is 60.5 Å². The monoisotopic (exact) mass is 758 g/mol. The number of hydrogen-bond acceptors (Lipinski definition) is 0. The second-order valence-corrected chi connectivity index (χ2v) is 32.5. The molecule has 2 aliphatic rings. The summed E-state index contributed by atoms with van der Waals surface area (Å²) in [7, 11) is 0. The summed E-state index contributed by atoms with van der Waals surface area (Å²) in [6, 6.07) is 40.2. The zero-order valence-electron chi connectivity index (χ0n) is 32.0. The van der Waals surface area contributed by atoms with Crippen molar-refractivity contribution in [1.29, 1.82) is 0 Å². The normalized spacial score (nSPS) is 16.8. The summed E-state index contributed by atoms with van der Waals surface area (Å²) in [5.74, 6) is -0.466. The minimum absolute atomic E-state index is 0.0345. The molecule has 0 bridgehead atoms. The van der Waals surface area contributed by atoms with E-state index in [2.05, 4.69) is 171 Å². The van der Waals surface area contributed by atoms with E-state index in [1.54, 1.807) is 27.8 Å². The molecule has 0 spiro atoms. The molecule has 6 aromatic carbocycles. The zero-order valence-corrected chi connectivity index (χ0v) is 35.7. The van der Waals surface area contributed by atoms with Crippen LogP contribution < -0.4 is 0 Å². The SMILES string of the molecule is CCCC1=Cc2c(-c3cc4ccccc4c4ccccc34)cccc2C1c1c(C(C)(C)C)ccc2c1[CH]([Zr][SiH](C)C)c1cc(C(C)(C)C)ccc1-2. The van der Waals surface area contributed by atoms with E-state index < -0.39 is 28.3 Å². The molecule has 51 heavy (non-hydrogen) atoms. The molecule has 0 amide bonds. The molecular weight excluding hydrogens is 708 g/mol. The Morgan fingerprint density at radius 2 is 1.31 bits per heavy atom. The first-order valence-electron chi connectivity index (χ1n) is 19.2. The van der Waals surface area contributed by atoms with Crippen LogP contribution in [0.4, 0.5) is 0 Å². The van der Waals surface area contributed by atoms with E-state index in [-0.39, 0.29) is 16.7 Å². The molecule has 256 valence electrons. The predicted octanol–water partition coefficient (Wildman–Crippen LogP) is 13.7. The maximum atomic E-state index is 2.63. The van der Waals surface area contributed by atoms with Crippen LogP contribution in [0.5, 0.6) is 0 Å². The Bertz CT molecular complexity index is 2360. The van der Waals surface area contributed by atoms with Crippen molar-refractivity contribution in [1.82, 2.24) is 0 Å². The molecule has 2 atom stereocenters. The Kier molecular flexibility index (Phi) is 8.83. The van der Waals surface area contributed by atoms with Gasteiger partial charge in [-0.05, 0) is 0 Å². The Morgan fingerprint density at radius 1 is 0.608 bits per heavy atom. The average molecular weight is 760 g/mol. The van der Waals surface area contributed by atoms with Gasteiger partial charge in [0.1, 0.15) is 0 Å². The molecule has 6 aromatic rings. The Labute approximate surface area is 318 Å². The zero-order chi connectivity index (χ0) is 35.8. The van der Waals surface area contributed by atoms with Crippen LogP contribution in [0.1, 0.15) is 110 Å². The number of hydrogen-bond donors (Lipinski definition) is 0. The van der Waals surface area contributed by atoms with Gasteiger partial charge in [-0.15, -0.1) is 0 Å². The van der Waals surface area contributed by atoms with Crippen LogP contribution in [0.3, 0.4) is 0 Å². The Morgan fingerprint density at radius 3 is 2.02 bits per heavy atom. The fraction of sp³-hybridized carbons (Fsp3) is 0.306. The first-order chi connectivity index (χ1) is 24.4. The van der Waals surface area contributed by atoms with Crippen molar-refractivity contribution >= 4 is 33.5 Å². The summed E-state index contributed by atoms with van der Waals surface area (Å²) >= 11 is -0.707. The standard InChI is InChI=1S/C47H45.C2H7Si.Zr/c1-8-14-30-27-41-37(40-26-29-15-9-10-16-33(29)35-17-11-12-18-36(35)40)19-13-20-39(41)44(30)45-42-28-31-25-32(46(2,3)4)21-22-34(31)38(42)23-24-43(45)47(5,6)7;1-3-2;/h9-13,15-28,44H,8,14H2,1-7H3;3H,1-2H3;. The quantitative estimate of drug-likeness (QED) is 0.117. The Hall–Kier alpha value is -3.32. The van der Waals surface area contributed by atoms with Crippen LogP contribution >= 0.6 is 0 Å². The van der Waals surface area contributed by atoms with E-state index in [0.717, 1.165) is 12.8 Å². The summed E-state index contributed by atoms with van der Waals surface area (Å²) in [6.07, 6.45) is 4.90. The topological polar surface area (TPSA) is 0 Å². The third-order valence-corrected chi connectivity index (χ3v) is 21.3. The van der Waals surface area contributed by atoms with E-state index in [0.29, 0.717) is 3.63 Å². The van der Waals surface area contributed by atoms with Gasteiger partial charge in [0.15, 0.2) is 0 Å². The molecule has 0 saturated heterocycles. The molecule has 2 aliphatic carbocycles. The third-order valence-electron chi connectivity index (χ3n) is 11.4. The van der Waals surface area contributed by atoms with Gasteiger partial charge in [0.25, 0.3) is 0 Å². The van der Waals surface area contributed by atoms with Gasteiger partial charge in [-0.3, -0.25) is 0 Å². The van der Waals surface area contributed by atoms with Gasteiger partial charge in [0, 0.05) is 0 Å². The first-order valence-corrected chi connectivity index (χ1v) is 27.8. The molecule has 0 fully saturated rings. The van der Waals surface area contributed by atoms with E-state index in [1.807, 2.05) is 0 Å². The van der Waals surface area contributed by atoms with Gasteiger partial charge in [0.05, 0.1) is 0 Å². The summed E-state index contributed by atoms with van der Waals surface area (Å²) in [4.78, 5) is 0. The van der Waals surface area contributed by atoms with Gasteiger partial charge in [-0.25, -0.2) is 0 Å². The minimum atomic E-state index is -0.746. The summed E-state index contributed by atoms with van der Waals surface area (Å²) < 4.78 is 0.615. The second kappa shape index (κ2) is 13.0. The van der Waals surface area contributed by atoms with E-state index >= 15 is 0 Å². The molecule has 0 radical (unpaired) electrons. The molecule has 0 heterocycles. The molecule has 2 unspecified atom stereocenters. The van der Waals surface area contributed by atoms with Gasteiger partial charge >= 0.3 is 315 Å². The van der Waals surface area contributed by atoms with Crippen LogP contribution in [0.15, 0.2) is 109 Å². The van der Waals surface area contributed by atoms with Crippen molar-refractivity contribution in [3.63, 3.8) is 0 Å². The van der Waals surface area contributed by atoms with Crippen molar-refractivity contribution < 1.29 is 22.4 Å². The van der Waals surface area contributed by atoms with Crippen LogP contribution in [0, 0.1) is 0 Å². The van der Waals surface area contributed by atoms with Crippen LogP contribution in [-0.2, 0) is 33.2 Å². The maximum absolute atomic E-state index is 2.63. The number of fused-ring (bicyclic) bond motifs is 7. The van der Waals surface area contributed by atoms with E-state index in [9.17, 15) is 0 Å². The van der Waals surface area contributed by atoms with Gasteiger partial charge in [0.2, 0.25) is 0 Å². The Balaban J connectivity index is 1.41. The van der Waals surface area contributed by atoms with E-state index in [4.69, 9.17) is 0 Å². The van der Waals surface area contributed by atoms with Crippen LogP contribution in [0.2, 0.25) is 13.1 Å². The molecule has 2 heteroatoms. The number of rotatable bonds is 6. The molecular formula is C49H52SiZr. The number of allylic oxidation sites excluding steroid dienone is 1. The molecule has 0 aliphatic heterocycles. The second-order valence-electron chi connectivity index (χ2n) is 17.4. The van der Waals surface area contributed by atoms with Gasteiger partial charge in [-0.1, -0.05) is 6.07 Å². The predicted molar refractivity (Wildman–Crippen MR) is 222 cm³/mol. The fourth-order valence-corrected chi connectivity index (χ4v) is 19.0. The fourth-order valence-electron chi connectivity index (χ4n) is 9.14. The third kappa shape index (κ3) is 5.90. The summed E-state index contributed by atoms with van der Waals surface area (Å²) in [5.41, 5.74) is 18.5. The molecule has 0 nitrogen and oxygen atoms in total. The molecule has 0 saturated carbocycles. The van der Waals surface area contributed by atoms with Crippen LogP contribution in [-0.4, -0.2) is 5.92 Å². The summed E-state index contributed by atoms with van der Waals surface area (Å²) in [6.45, 7) is 22.1. The molecule has 8 rings (SSSR count). The van der Waals surface area contributed by atoms with Gasteiger partial charge in [-0.2, -0.15) is 0 Å². The van der Waals surface area contributed by atoms with Crippen LogP contribution in [0.25, 0.3) is 49.9 Å². The van der Waals surface area contributed by atoms with Crippen molar-refractivity contribution in [3.05, 3.63) is 148 Å². The summed E-state index contributed by atoms with van der Waals surface area (Å²) in [5, 5.41) is 5.32. The van der Waals surface area contributed by atoms with Crippen molar-refractivity contribution in [2.75, 3.05) is 0 Å². The van der Waals surface area contributed by atoms with Crippen molar-refractivity contribution in [2.45, 2.75) is 94.8 Å². The van der Waals surface area contributed by atoms with Gasteiger partial charge < -0.3 is 0 Å².